The topological polar surface area (TPSA) is 61.4 Å². The van der Waals surface area contributed by atoms with Gasteiger partial charge in [0, 0.05) is 19.5 Å². The molecule has 0 aromatic carbocycles. The van der Waals surface area contributed by atoms with Crippen LogP contribution in [0.5, 0.6) is 0 Å². The Bertz CT molecular complexity index is 313. The third-order valence-corrected chi connectivity index (χ3v) is 4.02. The Morgan fingerprint density at radius 3 is 2.56 bits per heavy atom. The molecule has 2 aliphatic rings. The first-order chi connectivity index (χ1) is 8.74. The minimum atomic E-state index is -0.244. The van der Waals surface area contributed by atoms with Gasteiger partial charge >= 0.3 is 0 Å². The molecule has 2 saturated heterocycles. The predicted octanol–water partition coefficient (Wildman–Crippen LogP) is 0.113. The number of carbonyl (C=O) groups is 2. The summed E-state index contributed by atoms with van der Waals surface area (Å²) in [6, 6.07) is -0.244. The zero-order chi connectivity index (χ0) is 13.0. The number of likely N-dealkylation sites (tertiary alicyclic amines) is 1. The average Bonchev–Trinajstić information content (AvgIpc) is 2.46. The smallest absolute Gasteiger partial charge is 0.242 e. The van der Waals surface area contributed by atoms with Crippen molar-refractivity contribution >= 4 is 11.8 Å². The Morgan fingerprint density at radius 1 is 1.17 bits per heavy atom. The second kappa shape index (κ2) is 6.18. The highest BCUT2D eigenvalue weighted by Gasteiger charge is 2.35. The van der Waals surface area contributed by atoms with Crippen molar-refractivity contribution in [2.45, 2.75) is 38.1 Å². The number of hydrogen-bond donors (Lipinski definition) is 2. The molecule has 1 unspecified atom stereocenters. The largest absolute Gasteiger partial charge is 0.357 e. The first-order valence-corrected chi connectivity index (χ1v) is 6.97. The van der Waals surface area contributed by atoms with E-state index in [1.54, 1.807) is 7.05 Å². The van der Waals surface area contributed by atoms with Crippen LogP contribution in [0.2, 0.25) is 0 Å². The van der Waals surface area contributed by atoms with E-state index in [1.807, 2.05) is 4.90 Å². The maximum atomic E-state index is 12.5. The van der Waals surface area contributed by atoms with Crippen LogP contribution in [0, 0.1) is 5.92 Å². The van der Waals surface area contributed by atoms with Gasteiger partial charge in [0.25, 0.3) is 0 Å². The lowest BCUT2D eigenvalue weighted by atomic mass is 9.93. The molecule has 2 heterocycles. The van der Waals surface area contributed by atoms with Gasteiger partial charge in [0.05, 0.1) is 0 Å². The summed E-state index contributed by atoms with van der Waals surface area (Å²) in [5.74, 6) is 0.276. The van der Waals surface area contributed by atoms with Crippen LogP contribution in [0.1, 0.15) is 32.1 Å². The fraction of sp³-hybridized carbons (Fsp3) is 0.846. The molecule has 18 heavy (non-hydrogen) atoms. The van der Waals surface area contributed by atoms with E-state index >= 15 is 0 Å². The summed E-state index contributed by atoms with van der Waals surface area (Å²) in [7, 11) is 1.64. The van der Waals surface area contributed by atoms with Gasteiger partial charge in [-0.1, -0.05) is 0 Å². The maximum Gasteiger partial charge on any atom is 0.242 e. The highest BCUT2D eigenvalue weighted by atomic mass is 16.2. The lowest BCUT2D eigenvalue weighted by Gasteiger charge is -2.37. The van der Waals surface area contributed by atoms with Gasteiger partial charge in [-0.05, 0) is 45.2 Å². The summed E-state index contributed by atoms with van der Waals surface area (Å²) < 4.78 is 0. The Labute approximate surface area is 108 Å². The van der Waals surface area contributed by atoms with Crippen LogP contribution in [0.3, 0.4) is 0 Å². The fourth-order valence-electron chi connectivity index (χ4n) is 2.94. The van der Waals surface area contributed by atoms with E-state index in [4.69, 9.17) is 0 Å². The molecular formula is C13H23N3O2. The molecule has 0 bridgehead atoms. The molecule has 2 N–H and O–H groups in total. The van der Waals surface area contributed by atoms with Crippen LogP contribution in [-0.4, -0.2) is 49.4 Å². The molecule has 1 atom stereocenters. The summed E-state index contributed by atoms with van der Waals surface area (Å²) in [5.41, 5.74) is 0. The van der Waals surface area contributed by atoms with E-state index in [9.17, 15) is 9.59 Å². The number of amides is 2. The SMILES string of the molecule is CNC(=O)C1CCCCN1C(=O)C1CCNCC1. The van der Waals surface area contributed by atoms with Gasteiger partial charge in [-0.15, -0.1) is 0 Å². The summed E-state index contributed by atoms with van der Waals surface area (Å²) in [5, 5.41) is 5.94. The number of hydrogen-bond acceptors (Lipinski definition) is 3. The van der Waals surface area contributed by atoms with Crippen molar-refractivity contribution in [3.63, 3.8) is 0 Å². The lowest BCUT2D eigenvalue weighted by Crippen LogP contribution is -2.53. The Hall–Kier alpha value is -1.10. The number of rotatable bonds is 2. The average molecular weight is 253 g/mol. The monoisotopic (exact) mass is 253 g/mol. The second-order valence-electron chi connectivity index (χ2n) is 5.18. The second-order valence-corrected chi connectivity index (χ2v) is 5.18. The fourth-order valence-corrected chi connectivity index (χ4v) is 2.94. The molecule has 0 radical (unpaired) electrons. The van der Waals surface area contributed by atoms with Gasteiger partial charge in [-0.2, -0.15) is 0 Å². The number of piperidine rings is 2. The normalized spacial score (nSPS) is 25.8. The van der Waals surface area contributed by atoms with Crippen molar-refractivity contribution in [3.8, 4) is 0 Å². The Kier molecular flexibility index (Phi) is 4.58. The molecule has 0 saturated carbocycles. The zero-order valence-electron chi connectivity index (χ0n) is 11.1. The van der Waals surface area contributed by atoms with E-state index < -0.39 is 0 Å². The molecule has 2 rings (SSSR count). The van der Waals surface area contributed by atoms with Crippen molar-refractivity contribution in [1.29, 1.82) is 0 Å². The molecule has 5 nitrogen and oxygen atoms in total. The van der Waals surface area contributed by atoms with Gasteiger partial charge in [0.2, 0.25) is 11.8 Å². The number of nitrogens with one attached hydrogen (secondary N) is 2. The highest BCUT2D eigenvalue weighted by molar-refractivity contribution is 5.88. The van der Waals surface area contributed by atoms with Gasteiger partial charge in [-0.3, -0.25) is 9.59 Å². The van der Waals surface area contributed by atoms with Crippen LogP contribution in [-0.2, 0) is 9.59 Å². The molecule has 5 heteroatoms. The molecule has 102 valence electrons. The van der Waals surface area contributed by atoms with Crippen LogP contribution >= 0.6 is 0 Å². The summed E-state index contributed by atoms with van der Waals surface area (Å²) in [4.78, 5) is 26.2. The quantitative estimate of drug-likeness (QED) is 0.734. The third kappa shape index (κ3) is 2.83. The van der Waals surface area contributed by atoms with E-state index in [0.29, 0.717) is 0 Å². The third-order valence-electron chi connectivity index (χ3n) is 4.02. The standard InChI is InChI=1S/C13H23N3O2/c1-14-12(17)11-4-2-3-9-16(11)13(18)10-5-7-15-8-6-10/h10-11,15H,2-9H2,1H3,(H,14,17). The van der Waals surface area contributed by atoms with Crippen LogP contribution in [0.15, 0.2) is 0 Å². The molecule has 2 amide bonds. The zero-order valence-corrected chi connectivity index (χ0v) is 11.1. The van der Waals surface area contributed by atoms with Gasteiger partial charge in [0.1, 0.15) is 6.04 Å². The molecule has 0 aromatic rings. The van der Waals surface area contributed by atoms with Crippen molar-refractivity contribution < 1.29 is 9.59 Å². The lowest BCUT2D eigenvalue weighted by molar-refractivity contribution is -0.145. The number of likely N-dealkylation sites (N-methyl/N-ethyl adjacent to an activating group) is 1. The molecular weight excluding hydrogens is 230 g/mol. The first kappa shape index (κ1) is 13.3. The van der Waals surface area contributed by atoms with E-state index in [0.717, 1.165) is 51.7 Å². The van der Waals surface area contributed by atoms with Gasteiger partial charge in [-0.25, -0.2) is 0 Å². The van der Waals surface area contributed by atoms with Crippen LogP contribution in [0.25, 0.3) is 0 Å². The van der Waals surface area contributed by atoms with Crippen molar-refractivity contribution in [3.05, 3.63) is 0 Å². The van der Waals surface area contributed by atoms with Crippen molar-refractivity contribution in [1.82, 2.24) is 15.5 Å². The molecule has 0 aliphatic carbocycles. The minimum Gasteiger partial charge on any atom is -0.357 e. The van der Waals surface area contributed by atoms with E-state index in [-0.39, 0.29) is 23.8 Å². The van der Waals surface area contributed by atoms with Crippen LogP contribution in [0.4, 0.5) is 0 Å². The van der Waals surface area contributed by atoms with Crippen LogP contribution < -0.4 is 10.6 Å². The van der Waals surface area contributed by atoms with E-state index in [1.165, 1.54) is 0 Å². The van der Waals surface area contributed by atoms with Crippen molar-refractivity contribution in [2.24, 2.45) is 5.92 Å². The molecule has 0 spiro atoms. The summed E-state index contributed by atoms with van der Waals surface area (Å²) in [6.45, 7) is 2.56. The Morgan fingerprint density at radius 2 is 1.89 bits per heavy atom. The van der Waals surface area contributed by atoms with E-state index in [2.05, 4.69) is 10.6 Å². The first-order valence-electron chi connectivity index (χ1n) is 6.97. The van der Waals surface area contributed by atoms with Gasteiger partial charge < -0.3 is 15.5 Å². The Balaban J connectivity index is 2.03. The summed E-state index contributed by atoms with van der Waals surface area (Å²) in [6.07, 6.45) is 4.65. The predicted molar refractivity (Wildman–Crippen MR) is 69.0 cm³/mol. The number of carbonyl (C=O) groups excluding carboxylic acids is 2. The number of nitrogens with zero attached hydrogens (tertiary/aromatic N) is 1. The molecule has 0 aromatic heterocycles. The maximum absolute atomic E-state index is 12.5. The molecule has 2 fully saturated rings. The van der Waals surface area contributed by atoms with Gasteiger partial charge in [0.15, 0.2) is 0 Å². The minimum absolute atomic E-state index is 0.0167. The molecule has 2 aliphatic heterocycles. The summed E-state index contributed by atoms with van der Waals surface area (Å²) >= 11 is 0. The highest BCUT2D eigenvalue weighted by Crippen LogP contribution is 2.23. The van der Waals surface area contributed by atoms with Crippen molar-refractivity contribution in [2.75, 3.05) is 26.7 Å².